The Hall–Kier alpha value is -1.50. The summed E-state index contributed by atoms with van der Waals surface area (Å²) in [6.07, 6.45) is 8.86. The second-order valence-electron chi connectivity index (χ2n) is 6.25. The van der Waals surface area contributed by atoms with Crippen molar-refractivity contribution in [2.45, 2.75) is 45.1 Å². The molecule has 1 fully saturated rings. The lowest BCUT2D eigenvalue weighted by Gasteiger charge is -2.28. The number of aliphatic imine (C=N–C) groups is 1. The number of aliphatic hydroxyl groups is 1. The zero-order valence-corrected chi connectivity index (χ0v) is 14.7. The number of pyridine rings is 1. The van der Waals surface area contributed by atoms with Gasteiger partial charge in [0.15, 0.2) is 5.84 Å². The number of hydrogen-bond donors (Lipinski definition) is 2. The molecule has 0 radical (unpaired) electrons. The zero-order chi connectivity index (χ0) is 17.0. The van der Waals surface area contributed by atoms with E-state index in [2.05, 4.69) is 27.3 Å². The van der Waals surface area contributed by atoms with Gasteiger partial charge in [0.05, 0.1) is 6.10 Å². The third-order valence-corrected chi connectivity index (χ3v) is 4.08. The van der Waals surface area contributed by atoms with Gasteiger partial charge in [-0.3, -0.25) is 14.8 Å². The van der Waals surface area contributed by atoms with Gasteiger partial charge in [0, 0.05) is 31.0 Å². The maximum absolute atomic E-state index is 10.1. The van der Waals surface area contributed by atoms with Gasteiger partial charge in [-0.05, 0) is 44.5 Å². The summed E-state index contributed by atoms with van der Waals surface area (Å²) in [5.41, 5.74) is 3.78. The highest BCUT2D eigenvalue weighted by atomic mass is 16.6. The van der Waals surface area contributed by atoms with Crippen LogP contribution in [0.1, 0.15) is 44.6 Å². The highest BCUT2D eigenvalue weighted by Crippen LogP contribution is 2.09. The molecule has 1 atom stereocenters. The van der Waals surface area contributed by atoms with Crippen molar-refractivity contribution in [2.75, 3.05) is 32.8 Å². The number of rotatable bonds is 9. The summed E-state index contributed by atoms with van der Waals surface area (Å²) in [6, 6.07) is 3.82. The second-order valence-corrected chi connectivity index (χ2v) is 6.25. The lowest BCUT2D eigenvalue weighted by atomic mass is 10.1. The molecule has 2 heterocycles. The van der Waals surface area contributed by atoms with E-state index in [-0.39, 0.29) is 6.61 Å². The van der Waals surface area contributed by atoms with Gasteiger partial charge in [-0.25, -0.2) is 5.48 Å². The van der Waals surface area contributed by atoms with Crippen LogP contribution in [0.2, 0.25) is 0 Å². The van der Waals surface area contributed by atoms with Gasteiger partial charge >= 0.3 is 0 Å². The van der Waals surface area contributed by atoms with Gasteiger partial charge in [-0.1, -0.05) is 19.8 Å². The maximum atomic E-state index is 10.1. The molecule has 1 aromatic rings. The Kier molecular flexibility index (Phi) is 8.73. The number of hydrogen-bond acceptors (Lipinski definition) is 5. The van der Waals surface area contributed by atoms with Gasteiger partial charge in [-0.2, -0.15) is 0 Å². The van der Waals surface area contributed by atoms with E-state index in [1.54, 1.807) is 12.4 Å². The van der Waals surface area contributed by atoms with E-state index in [9.17, 15) is 5.11 Å². The van der Waals surface area contributed by atoms with Crippen LogP contribution in [0, 0.1) is 0 Å². The number of aromatic nitrogens is 1. The minimum Gasteiger partial charge on any atom is -0.389 e. The molecule has 0 amide bonds. The minimum atomic E-state index is -0.499. The lowest BCUT2D eigenvalue weighted by molar-refractivity contribution is -0.00937. The molecule has 1 aromatic heterocycles. The highest BCUT2D eigenvalue weighted by molar-refractivity contribution is 5.97. The Balaban J connectivity index is 1.78. The summed E-state index contributed by atoms with van der Waals surface area (Å²) in [5.74, 6) is 0.668. The SMILES string of the molecule is CCCCN=C(NOCC(O)CN1CCCCC1)c1cccnc1. The van der Waals surface area contributed by atoms with Crippen molar-refractivity contribution in [2.24, 2.45) is 4.99 Å². The Labute approximate surface area is 144 Å². The van der Waals surface area contributed by atoms with E-state index in [1.807, 2.05) is 12.1 Å². The van der Waals surface area contributed by atoms with Gasteiger partial charge in [0.2, 0.25) is 0 Å². The molecule has 0 saturated carbocycles. The summed E-state index contributed by atoms with van der Waals surface area (Å²) < 4.78 is 0. The topological polar surface area (TPSA) is 70.0 Å². The molecule has 1 aliphatic heterocycles. The molecule has 0 aromatic carbocycles. The smallest absolute Gasteiger partial charge is 0.153 e. The number of likely N-dealkylation sites (tertiary alicyclic amines) is 1. The van der Waals surface area contributed by atoms with E-state index >= 15 is 0 Å². The zero-order valence-electron chi connectivity index (χ0n) is 14.7. The largest absolute Gasteiger partial charge is 0.389 e. The molecule has 2 rings (SSSR count). The van der Waals surface area contributed by atoms with Crippen LogP contribution in [0.25, 0.3) is 0 Å². The van der Waals surface area contributed by atoms with Crippen LogP contribution < -0.4 is 5.48 Å². The number of hydroxylamine groups is 1. The van der Waals surface area contributed by atoms with Crippen LogP contribution in [0.5, 0.6) is 0 Å². The van der Waals surface area contributed by atoms with Crippen LogP contribution in [0.4, 0.5) is 0 Å². The van der Waals surface area contributed by atoms with Gasteiger partial charge in [-0.15, -0.1) is 0 Å². The van der Waals surface area contributed by atoms with Crippen LogP contribution >= 0.6 is 0 Å². The first-order valence-electron chi connectivity index (χ1n) is 9.02. The molecule has 6 nitrogen and oxygen atoms in total. The monoisotopic (exact) mass is 334 g/mol. The fourth-order valence-electron chi connectivity index (χ4n) is 2.73. The van der Waals surface area contributed by atoms with Gasteiger partial charge in [0.1, 0.15) is 6.61 Å². The van der Waals surface area contributed by atoms with Crippen LogP contribution in [0.3, 0.4) is 0 Å². The van der Waals surface area contributed by atoms with E-state index < -0.39 is 6.10 Å². The fourth-order valence-corrected chi connectivity index (χ4v) is 2.73. The maximum Gasteiger partial charge on any atom is 0.153 e. The normalized spacial score (nSPS) is 17.7. The average molecular weight is 334 g/mol. The van der Waals surface area contributed by atoms with Crippen molar-refractivity contribution < 1.29 is 9.94 Å². The molecule has 1 saturated heterocycles. The first kappa shape index (κ1) is 18.8. The highest BCUT2D eigenvalue weighted by Gasteiger charge is 2.15. The molecule has 0 spiro atoms. The van der Waals surface area contributed by atoms with E-state index in [1.165, 1.54) is 19.3 Å². The van der Waals surface area contributed by atoms with Crippen LogP contribution in [-0.2, 0) is 4.84 Å². The molecule has 134 valence electrons. The third-order valence-electron chi connectivity index (χ3n) is 4.08. The number of nitrogens with zero attached hydrogens (tertiary/aromatic N) is 3. The fraction of sp³-hybridized carbons (Fsp3) is 0.667. The number of β-amino-alcohol motifs (C(OH)–C–C–N with tert-alkyl or cyclic N) is 1. The van der Waals surface area contributed by atoms with Crippen molar-refractivity contribution in [1.29, 1.82) is 0 Å². The van der Waals surface area contributed by atoms with E-state index in [0.717, 1.165) is 38.0 Å². The number of aliphatic hydroxyl groups excluding tert-OH is 1. The summed E-state index contributed by atoms with van der Waals surface area (Å²) in [4.78, 5) is 16.5. The summed E-state index contributed by atoms with van der Waals surface area (Å²) in [7, 11) is 0. The Bertz CT molecular complexity index is 475. The molecular weight excluding hydrogens is 304 g/mol. The van der Waals surface area contributed by atoms with Crippen LogP contribution in [0.15, 0.2) is 29.5 Å². The average Bonchev–Trinajstić information content (AvgIpc) is 2.62. The summed E-state index contributed by atoms with van der Waals surface area (Å²) in [5, 5.41) is 10.1. The number of amidine groups is 1. The molecule has 6 heteroatoms. The first-order chi connectivity index (χ1) is 11.8. The van der Waals surface area contributed by atoms with E-state index in [0.29, 0.717) is 12.4 Å². The van der Waals surface area contributed by atoms with Crippen molar-refractivity contribution in [3.63, 3.8) is 0 Å². The summed E-state index contributed by atoms with van der Waals surface area (Å²) in [6.45, 7) is 5.93. The quantitative estimate of drug-likeness (QED) is 0.313. The lowest BCUT2D eigenvalue weighted by Crippen LogP contribution is -2.39. The summed E-state index contributed by atoms with van der Waals surface area (Å²) >= 11 is 0. The molecule has 2 N–H and O–H groups in total. The van der Waals surface area contributed by atoms with E-state index in [4.69, 9.17) is 4.84 Å². The second kappa shape index (κ2) is 11.1. The van der Waals surface area contributed by atoms with Crippen LogP contribution in [-0.4, -0.2) is 59.7 Å². The van der Waals surface area contributed by atoms with Gasteiger partial charge in [0.25, 0.3) is 0 Å². The Morgan fingerprint density at radius 2 is 2.25 bits per heavy atom. The number of unbranched alkanes of at least 4 members (excludes halogenated alkanes) is 1. The molecule has 0 bridgehead atoms. The molecule has 0 aliphatic carbocycles. The van der Waals surface area contributed by atoms with Crippen molar-refractivity contribution in [3.8, 4) is 0 Å². The minimum absolute atomic E-state index is 0.240. The molecular formula is C18H30N4O2. The predicted molar refractivity (Wildman–Crippen MR) is 95.9 cm³/mol. The molecule has 1 unspecified atom stereocenters. The van der Waals surface area contributed by atoms with Crippen molar-refractivity contribution >= 4 is 5.84 Å². The third kappa shape index (κ3) is 6.95. The van der Waals surface area contributed by atoms with Crippen molar-refractivity contribution in [1.82, 2.24) is 15.4 Å². The predicted octanol–water partition coefficient (Wildman–Crippen LogP) is 2.00. The number of piperidine rings is 1. The first-order valence-corrected chi connectivity index (χ1v) is 9.02. The standard InChI is InChI=1S/C18H30N4O2/c1-2-3-10-20-18(16-8-7-9-19-13-16)21-24-15-17(23)14-22-11-5-4-6-12-22/h7-9,13,17,23H,2-6,10-12,14-15H2,1H3,(H,20,21). The Morgan fingerprint density at radius 1 is 1.42 bits per heavy atom. The Morgan fingerprint density at radius 3 is 2.96 bits per heavy atom. The number of nitrogens with one attached hydrogen (secondary N) is 1. The van der Waals surface area contributed by atoms with Gasteiger partial charge < -0.3 is 10.0 Å². The van der Waals surface area contributed by atoms with Crippen molar-refractivity contribution in [3.05, 3.63) is 30.1 Å². The molecule has 1 aliphatic rings. The molecule has 24 heavy (non-hydrogen) atoms.